The highest BCUT2D eigenvalue weighted by molar-refractivity contribution is 9.10. The summed E-state index contributed by atoms with van der Waals surface area (Å²) >= 11 is 8.26. The van der Waals surface area contributed by atoms with Crippen molar-refractivity contribution in [3.63, 3.8) is 0 Å². The number of alkyl halides is 6. The number of carbonyl (C=O) groups excluding carboxylic acids is 5. The average Bonchev–Trinajstić information content (AvgIpc) is 1.44. The van der Waals surface area contributed by atoms with E-state index in [0.29, 0.717) is 46.9 Å². The van der Waals surface area contributed by atoms with Gasteiger partial charge in [0.2, 0.25) is 5.78 Å². The van der Waals surface area contributed by atoms with Gasteiger partial charge in [-0.1, -0.05) is 89.5 Å². The molecule has 86 heavy (non-hydrogen) atoms. The van der Waals surface area contributed by atoms with E-state index in [-0.39, 0.29) is 60.7 Å². The Hall–Kier alpha value is -6.31. The van der Waals surface area contributed by atoms with Crippen LogP contribution in [-0.2, 0) is 0 Å². The van der Waals surface area contributed by atoms with Crippen molar-refractivity contribution in [3.8, 4) is 0 Å². The highest BCUT2D eigenvalue weighted by Crippen LogP contribution is 2.75. The van der Waals surface area contributed by atoms with Crippen molar-refractivity contribution in [1.29, 1.82) is 0 Å². The number of benzene rings is 6. The Balaban J connectivity index is 0.760. The zero-order chi connectivity index (χ0) is 60.5. The summed E-state index contributed by atoms with van der Waals surface area (Å²) in [6.45, 7) is 9.46. The highest BCUT2D eigenvalue weighted by Gasteiger charge is 2.84. The van der Waals surface area contributed by atoms with Crippen molar-refractivity contribution in [2.75, 3.05) is 4.90 Å². The second-order valence-electron chi connectivity index (χ2n) is 23.6. The summed E-state index contributed by atoms with van der Waals surface area (Å²) in [6, 6.07) is 25.6. The summed E-state index contributed by atoms with van der Waals surface area (Å²) in [5, 5.41) is 5.65. The monoisotopic (exact) mass is 1300 g/mol. The van der Waals surface area contributed by atoms with Gasteiger partial charge < -0.3 is 0 Å². The van der Waals surface area contributed by atoms with E-state index in [2.05, 4.69) is 29.8 Å². The summed E-state index contributed by atoms with van der Waals surface area (Å²) in [4.78, 5) is 79.1. The third kappa shape index (κ3) is 7.82. The number of amides is 4. The van der Waals surface area contributed by atoms with Crippen LogP contribution in [0, 0.1) is 6.92 Å². The van der Waals surface area contributed by atoms with Gasteiger partial charge in [0.1, 0.15) is 0 Å². The molecule has 0 bridgehead atoms. The van der Waals surface area contributed by atoms with Crippen LogP contribution in [0.1, 0.15) is 163 Å². The van der Waals surface area contributed by atoms with Crippen LogP contribution in [0.25, 0.3) is 52.9 Å². The largest absolute Gasteiger partial charge is 0.380 e. The van der Waals surface area contributed by atoms with Crippen molar-refractivity contribution in [2.24, 2.45) is 0 Å². The number of thioether (sulfide) groups is 2. The number of nitrogens with zero attached hydrogens (tertiary/aromatic N) is 2. The lowest BCUT2D eigenvalue weighted by Crippen LogP contribution is -2.48. The summed E-state index contributed by atoms with van der Waals surface area (Å²) < 4.78 is 92.7. The van der Waals surface area contributed by atoms with Crippen LogP contribution >= 0.6 is 62.1 Å². The van der Waals surface area contributed by atoms with E-state index in [9.17, 15) is 24.0 Å². The van der Waals surface area contributed by atoms with Crippen molar-refractivity contribution in [1.82, 2.24) is 4.90 Å². The van der Waals surface area contributed by atoms with Crippen LogP contribution in [0.2, 0.25) is 0 Å². The lowest BCUT2D eigenvalue weighted by molar-refractivity contribution is -0.258. The van der Waals surface area contributed by atoms with Crippen LogP contribution in [0.3, 0.4) is 0 Å². The number of imide groups is 2. The molecule has 0 radical (unpaired) electrons. The molecule has 4 aliphatic heterocycles. The van der Waals surface area contributed by atoms with Gasteiger partial charge in [0.15, 0.2) is 0 Å². The zero-order valence-electron chi connectivity index (χ0n) is 47.2. The SMILES string of the molecule is CCCCCCC(CCCCCC)N1C(=O)c2ccc3c4ccc5c6c(ccc(c7ccc(c2c37)C1=O)c64)C(=O)N(c1ccc(C(=O)c2ccc(C3=CC4=C6C(=C7C=C(c8ccc(C)s8)SC7(C)C4(C)S3)C(F)(F)C(F)(F)C6(F)F)s2)c(Br)c1)C5=O. The Kier molecular flexibility index (Phi) is 13.4. The maximum Gasteiger partial charge on any atom is 0.380 e. The van der Waals surface area contributed by atoms with Gasteiger partial charge in [-0.25, -0.2) is 4.90 Å². The molecular formula is C68H53BrF6N2O5S4. The van der Waals surface area contributed by atoms with Gasteiger partial charge >= 0.3 is 17.8 Å². The van der Waals surface area contributed by atoms with Crippen LogP contribution in [0.4, 0.5) is 32.0 Å². The molecule has 1 fully saturated rings. The number of unbranched alkanes of at least 4 members (excludes halogenated alkanes) is 6. The normalized spacial score (nSPS) is 21.8. The third-order valence-corrected chi connectivity index (χ3v) is 25.0. The molecule has 6 aliphatic rings. The second kappa shape index (κ2) is 20.1. The van der Waals surface area contributed by atoms with E-state index in [1.165, 1.54) is 58.3 Å². The molecule has 7 nitrogen and oxygen atoms in total. The standard InChI is InChI=1S/C68H53BrF6N2O5S4/c1-6-8-10-12-14-34(15-13-11-9-7-2)76-60(79)41-23-19-36-38-21-25-43-56-44(26-22-39(54(38)56)37-20-24-42(61(76)80)55(41)53(36)37)63(82)77(62(43)81)35-17-18-40(47(69)30-35)59(78)50-29-28-49(84-50)52-32-46-58-57(66(70,71)68(74,75)67(58,72)73)45-31-51(48-27-16-33(3)83-48)85-64(45,4)65(46,5)86-52/h16-32,34H,6-15H2,1-5H3. The average molecular weight is 1300 g/mol. The zero-order valence-corrected chi connectivity index (χ0v) is 52.0. The van der Waals surface area contributed by atoms with Crippen LogP contribution < -0.4 is 4.90 Å². The van der Waals surface area contributed by atoms with Crippen LogP contribution in [0.5, 0.6) is 0 Å². The number of carbonyl (C=O) groups is 5. The summed E-state index contributed by atoms with van der Waals surface area (Å²) in [5.41, 5.74) is -1.40. The van der Waals surface area contributed by atoms with Crippen LogP contribution in [0.15, 0.2) is 130 Å². The Morgan fingerprint density at radius 3 is 1.44 bits per heavy atom. The minimum atomic E-state index is -5.70. The maximum atomic E-state index is 16.1. The van der Waals surface area contributed by atoms with Crippen LogP contribution in [-0.4, -0.2) is 67.6 Å². The molecule has 18 heteroatoms. The van der Waals surface area contributed by atoms with Gasteiger partial charge in [-0.15, -0.1) is 46.2 Å². The van der Waals surface area contributed by atoms with Gasteiger partial charge in [0, 0.05) is 84.7 Å². The first-order chi connectivity index (χ1) is 41.0. The number of anilines is 1. The Morgan fingerprint density at radius 1 is 0.547 bits per heavy atom. The minimum absolute atomic E-state index is 0.169. The molecule has 2 aliphatic carbocycles. The lowest BCUT2D eigenvalue weighted by atomic mass is 9.71. The fraction of sp³-hybridized carbons (Fsp3) is 0.309. The van der Waals surface area contributed by atoms with Crippen molar-refractivity contribution in [2.45, 2.75) is 132 Å². The molecule has 0 N–H and O–H groups in total. The summed E-state index contributed by atoms with van der Waals surface area (Å²) in [6.07, 6.45) is 12.5. The topological polar surface area (TPSA) is 91.8 Å². The number of ketones is 1. The van der Waals surface area contributed by atoms with Gasteiger partial charge in [0.05, 0.1) is 20.1 Å². The predicted molar refractivity (Wildman–Crippen MR) is 338 cm³/mol. The van der Waals surface area contributed by atoms with Gasteiger partial charge in [-0.3, -0.25) is 28.9 Å². The lowest BCUT2D eigenvalue weighted by Gasteiger charge is -2.47. The molecule has 6 aromatic carbocycles. The molecule has 4 amide bonds. The van der Waals surface area contributed by atoms with Gasteiger partial charge in [-0.2, -0.15) is 26.3 Å². The fourth-order valence-electron chi connectivity index (χ4n) is 14.1. The number of halogens is 7. The minimum Gasteiger partial charge on any atom is -0.288 e. The molecule has 2 unspecified atom stereocenters. The van der Waals surface area contributed by atoms with E-state index >= 15 is 26.3 Å². The van der Waals surface area contributed by atoms with E-state index < -0.39 is 56.0 Å². The Labute approximate surface area is 516 Å². The molecule has 6 heterocycles. The van der Waals surface area contributed by atoms with Gasteiger partial charge in [0.25, 0.3) is 23.6 Å². The molecule has 2 aromatic heterocycles. The highest BCUT2D eigenvalue weighted by atomic mass is 79.9. The third-order valence-electron chi connectivity index (χ3n) is 18.6. The molecule has 1 saturated carbocycles. The van der Waals surface area contributed by atoms with E-state index in [4.69, 9.17) is 0 Å². The summed E-state index contributed by atoms with van der Waals surface area (Å²) in [7, 11) is 0. The molecule has 438 valence electrons. The first-order valence-corrected chi connectivity index (χ1v) is 33.0. The molecule has 8 aromatic rings. The van der Waals surface area contributed by atoms with E-state index in [1.54, 1.807) is 44.2 Å². The molecule has 14 rings (SSSR count). The quantitative estimate of drug-likeness (QED) is 0.0238. The number of aryl methyl sites for hydroxylation is 1. The molecule has 0 saturated heterocycles. The molecule has 2 atom stereocenters. The number of allylic oxidation sites excluding steroid dienone is 4. The number of thiophene rings is 2. The van der Waals surface area contributed by atoms with Crippen molar-refractivity contribution >= 4 is 150 Å². The summed E-state index contributed by atoms with van der Waals surface area (Å²) in [5.74, 6) is -18.3. The first kappa shape index (κ1) is 57.4. The second-order valence-corrected chi connectivity index (χ2v) is 29.7. The van der Waals surface area contributed by atoms with E-state index in [1.807, 2.05) is 49.4 Å². The van der Waals surface area contributed by atoms with Crippen molar-refractivity contribution < 1.29 is 50.3 Å². The molecular weight excluding hydrogens is 1250 g/mol. The van der Waals surface area contributed by atoms with E-state index in [0.717, 1.165) is 124 Å². The predicted octanol–water partition coefficient (Wildman–Crippen LogP) is 19.8. The smallest absolute Gasteiger partial charge is 0.288 e. The Morgan fingerprint density at radius 2 is 1.00 bits per heavy atom. The van der Waals surface area contributed by atoms with Crippen molar-refractivity contribution in [3.05, 3.63) is 177 Å². The number of fused-ring (bicyclic) bond motifs is 6. The fourth-order valence-corrected chi connectivity index (χ4v) is 19.8. The number of hydrogen-bond donors (Lipinski definition) is 0. The van der Waals surface area contributed by atoms with Gasteiger partial charge in [-0.05, 0) is 172 Å². The Bertz CT molecular complexity index is 4400. The number of hydrogen-bond acceptors (Lipinski definition) is 9. The first-order valence-electron chi connectivity index (χ1n) is 28.9. The number of rotatable bonds is 16. The maximum absolute atomic E-state index is 16.1. The molecule has 0 spiro atoms.